The van der Waals surface area contributed by atoms with Crippen molar-refractivity contribution in [1.29, 1.82) is 0 Å². The minimum absolute atomic E-state index is 0.434. The fourth-order valence-electron chi connectivity index (χ4n) is 1.89. The van der Waals surface area contributed by atoms with E-state index in [9.17, 15) is 0 Å². The third-order valence-electron chi connectivity index (χ3n) is 3.19. The zero-order chi connectivity index (χ0) is 14.7. The molecule has 5 heteroatoms. The molecule has 0 aliphatic carbocycles. The minimum atomic E-state index is 0.434. The molecule has 4 nitrogen and oxygen atoms in total. The van der Waals surface area contributed by atoms with Crippen LogP contribution in [0.2, 0.25) is 5.15 Å². The quantitative estimate of drug-likeness (QED) is 0.865. The molecule has 0 saturated heterocycles. The van der Waals surface area contributed by atoms with E-state index < -0.39 is 0 Å². The first-order chi connectivity index (χ1) is 9.51. The number of ether oxygens (including phenoxy) is 1. The van der Waals surface area contributed by atoms with Gasteiger partial charge < -0.3 is 9.64 Å². The van der Waals surface area contributed by atoms with Gasteiger partial charge in [0, 0.05) is 13.6 Å². The van der Waals surface area contributed by atoms with Crippen LogP contribution in [-0.2, 0) is 6.54 Å². The van der Waals surface area contributed by atoms with Crippen molar-refractivity contribution in [1.82, 2.24) is 9.97 Å². The van der Waals surface area contributed by atoms with Crippen molar-refractivity contribution in [3.8, 4) is 5.75 Å². The van der Waals surface area contributed by atoms with E-state index in [-0.39, 0.29) is 0 Å². The van der Waals surface area contributed by atoms with Crippen LogP contribution in [0.15, 0.2) is 24.3 Å². The number of benzene rings is 1. The normalized spacial score (nSPS) is 10.4. The summed E-state index contributed by atoms with van der Waals surface area (Å²) in [5, 5.41) is 0.434. The summed E-state index contributed by atoms with van der Waals surface area (Å²) < 4.78 is 5.15. The van der Waals surface area contributed by atoms with Crippen molar-refractivity contribution in [3.63, 3.8) is 0 Å². The Morgan fingerprint density at radius 1 is 1.10 bits per heavy atom. The van der Waals surface area contributed by atoms with E-state index in [0.717, 1.165) is 22.7 Å². The highest BCUT2D eigenvalue weighted by atomic mass is 35.5. The number of anilines is 1. The number of methoxy groups -OCH3 is 1. The second kappa shape index (κ2) is 6.09. The molecule has 0 bridgehead atoms. The lowest BCUT2D eigenvalue weighted by molar-refractivity contribution is 0.414. The highest BCUT2D eigenvalue weighted by Gasteiger charge is 2.12. The standard InChI is InChI=1S/C15H18ClN3O/c1-10-11(2)18-15(14(16)17-10)19(3)9-12-5-7-13(20-4)8-6-12/h5-8H,9H2,1-4H3. The van der Waals surface area contributed by atoms with Gasteiger partial charge in [-0.15, -0.1) is 0 Å². The van der Waals surface area contributed by atoms with Crippen molar-refractivity contribution >= 4 is 17.4 Å². The Morgan fingerprint density at radius 2 is 1.70 bits per heavy atom. The average molecular weight is 292 g/mol. The fraction of sp³-hybridized carbons (Fsp3) is 0.333. The van der Waals surface area contributed by atoms with Gasteiger partial charge in [0.05, 0.1) is 18.5 Å². The number of rotatable bonds is 4. The molecule has 0 fully saturated rings. The Kier molecular flexibility index (Phi) is 4.45. The summed E-state index contributed by atoms with van der Waals surface area (Å²) in [6.45, 7) is 4.55. The predicted molar refractivity (Wildman–Crippen MR) is 81.6 cm³/mol. The van der Waals surface area contributed by atoms with Gasteiger partial charge in [0.15, 0.2) is 11.0 Å². The molecule has 106 valence electrons. The maximum atomic E-state index is 6.17. The smallest absolute Gasteiger partial charge is 0.171 e. The van der Waals surface area contributed by atoms with Crippen LogP contribution in [0.25, 0.3) is 0 Å². The number of nitrogens with zero attached hydrogens (tertiary/aromatic N) is 3. The van der Waals surface area contributed by atoms with E-state index in [1.807, 2.05) is 50.1 Å². The van der Waals surface area contributed by atoms with Gasteiger partial charge in [-0.25, -0.2) is 9.97 Å². The van der Waals surface area contributed by atoms with E-state index in [1.54, 1.807) is 7.11 Å². The van der Waals surface area contributed by atoms with Crippen molar-refractivity contribution in [2.75, 3.05) is 19.1 Å². The van der Waals surface area contributed by atoms with Crippen LogP contribution in [0.3, 0.4) is 0 Å². The molecule has 2 aromatic rings. The SMILES string of the molecule is COc1ccc(CN(C)c2nc(C)c(C)nc2Cl)cc1. The molecule has 0 unspecified atom stereocenters. The Morgan fingerprint density at radius 3 is 2.30 bits per heavy atom. The van der Waals surface area contributed by atoms with Crippen LogP contribution in [0.5, 0.6) is 5.75 Å². The van der Waals surface area contributed by atoms with Gasteiger partial charge in [-0.05, 0) is 31.5 Å². The highest BCUT2D eigenvalue weighted by molar-refractivity contribution is 6.31. The van der Waals surface area contributed by atoms with Crippen LogP contribution in [0, 0.1) is 13.8 Å². The van der Waals surface area contributed by atoms with Crippen LogP contribution in [0.1, 0.15) is 17.0 Å². The average Bonchev–Trinajstić information content (AvgIpc) is 2.43. The van der Waals surface area contributed by atoms with Gasteiger partial charge in [0.1, 0.15) is 5.75 Å². The molecule has 1 aromatic carbocycles. The Labute approximate surface area is 124 Å². The third kappa shape index (κ3) is 3.20. The Balaban J connectivity index is 2.18. The van der Waals surface area contributed by atoms with Gasteiger partial charge >= 0.3 is 0 Å². The van der Waals surface area contributed by atoms with Gasteiger partial charge in [-0.3, -0.25) is 0 Å². The maximum absolute atomic E-state index is 6.17. The van der Waals surface area contributed by atoms with E-state index in [1.165, 1.54) is 0 Å². The lowest BCUT2D eigenvalue weighted by Gasteiger charge is -2.20. The van der Waals surface area contributed by atoms with Crippen LogP contribution in [0.4, 0.5) is 5.82 Å². The van der Waals surface area contributed by atoms with Gasteiger partial charge in [0.2, 0.25) is 0 Å². The molecule has 0 aliphatic heterocycles. The lowest BCUT2D eigenvalue weighted by atomic mass is 10.2. The van der Waals surface area contributed by atoms with Crippen molar-refractivity contribution < 1.29 is 4.74 Å². The molecule has 1 aromatic heterocycles. The second-order valence-electron chi connectivity index (χ2n) is 4.71. The summed E-state index contributed by atoms with van der Waals surface area (Å²) in [7, 11) is 3.61. The highest BCUT2D eigenvalue weighted by Crippen LogP contribution is 2.23. The third-order valence-corrected chi connectivity index (χ3v) is 3.44. The van der Waals surface area contributed by atoms with Gasteiger partial charge in [0.25, 0.3) is 0 Å². The molecule has 0 N–H and O–H groups in total. The largest absolute Gasteiger partial charge is 0.497 e. The molecule has 2 rings (SSSR count). The van der Waals surface area contributed by atoms with Gasteiger partial charge in [-0.2, -0.15) is 0 Å². The number of halogens is 1. The molecule has 1 heterocycles. The molecule has 0 saturated carbocycles. The summed E-state index contributed by atoms with van der Waals surface area (Å²) in [6, 6.07) is 7.93. The maximum Gasteiger partial charge on any atom is 0.171 e. The summed E-state index contributed by atoms with van der Waals surface area (Å²) in [4.78, 5) is 10.8. The van der Waals surface area contributed by atoms with E-state index >= 15 is 0 Å². The molecular formula is C15H18ClN3O. The molecule has 0 atom stereocenters. The summed E-state index contributed by atoms with van der Waals surface area (Å²) in [6.07, 6.45) is 0. The zero-order valence-electron chi connectivity index (χ0n) is 12.1. The monoisotopic (exact) mass is 291 g/mol. The number of hydrogen-bond donors (Lipinski definition) is 0. The summed E-state index contributed by atoms with van der Waals surface area (Å²) >= 11 is 6.17. The van der Waals surface area contributed by atoms with Crippen LogP contribution >= 0.6 is 11.6 Å². The molecule has 0 aliphatic rings. The van der Waals surface area contributed by atoms with Crippen LogP contribution in [-0.4, -0.2) is 24.1 Å². The fourth-order valence-corrected chi connectivity index (χ4v) is 2.20. The first-order valence-corrected chi connectivity index (χ1v) is 6.74. The first kappa shape index (κ1) is 14.6. The van der Waals surface area contributed by atoms with E-state index in [4.69, 9.17) is 16.3 Å². The topological polar surface area (TPSA) is 38.2 Å². The molecule has 0 spiro atoms. The van der Waals surface area contributed by atoms with Gasteiger partial charge in [-0.1, -0.05) is 23.7 Å². The number of aryl methyl sites for hydroxylation is 2. The molecule has 0 radical (unpaired) electrons. The van der Waals surface area contributed by atoms with Crippen LogP contribution < -0.4 is 9.64 Å². The molecule has 20 heavy (non-hydrogen) atoms. The predicted octanol–water partition coefficient (Wildman–Crippen LogP) is 3.39. The zero-order valence-corrected chi connectivity index (χ0v) is 12.9. The number of hydrogen-bond acceptors (Lipinski definition) is 4. The molecule has 0 amide bonds. The molecular weight excluding hydrogens is 274 g/mol. The second-order valence-corrected chi connectivity index (χ2v) is 5.07. The Bertz CT molecular complexity index is 599. The first-order valence-electron chi connectivity index (χ1n) is 6.36. The summed E-state index contributed by atoms with van der Waals surface area (Å²) in [5.74, 6) is 1.55. The van der Waals surface area contributed by atoms with E-state index in [0.29, 0.717) is 17.5 Å². The minimum Gasteiger partial charge on any atom is -0.497 e. The number of aromatic nitrogens is 2. The Hall–Kier alpha value is -1.81. The summed E-state index contributed by atoms with van der Waals surface area (Å²) in [5.41, 5.74) is 2.91. The lowest BCUT2D eigenvalue weighted by Crippen LogP contribution is -2.19. The van der Waals surface area contributed by atoms with Crippen molar-refractivity contribution in [2.24, 2.45) is 0 Å². The van der Waals surface area contributed by atoms with Crippen molar-refractivity contribution in [3.05, 3.63) is 46.4 Å². The van der Waals surface area contributed by atoms with Crippen molar-refractivity contribution in [2.45, 2.75) is 20.4 Å². The van der Waals surface area contributed by atoms with E-state index in [2.05, 4.69) is 9.97 Å².